The summed E-state index contributed by atoms with van der Waals surface area (Å²) < 4.78 is 5.60. The van der Waals surface area contributed by atoms with Crippen molar-refractivity contribution in [1.29, 1.82) is 0 Å². The normalized spacial score (nSPS) is 21.9. The highest BCUT2D eigenvalue weighted by atomic mass is 16.5. The summed E-state index contributed by atoms with van der Waals surface area (Å²) in [5.74, 6) is 0.124. The standard InChI is InChI=1S/C16H21N3O3/c1-2-12-8-11(5-6-22-12)15(20)17-9-10-3-4-13-14(7-10)19-16(21)18-13/h3-4,7,11-12H,2,5-6,8-9H2,1H3,(H,17,20)(H2,18,19,21)/t11-,12+/m0/s1. The second-order valence-corrected chi connectivity index (χ2v) is 5.80. The summed E-state index contributed by atoms with van der Waals surface area (Å²) in [6.45, 7) is 3.21. The average molecular weight is 303 g/mol. The van der Waals surface area contributed by atoms with Gasteiger partial charge >= 0.3 is 5.69 Å². The number of H-pyrrole nitrogens is 2. The molecule has 1 saturated heterocycles. The molecular weight excluding hydrogens is 282 g/mol. The zero-order chi connectivity index (χ0) is 15.5. The van der Waals surface area contributed by atoms with Crippen molar-refractivity contribution in [2.75, 3.05) is 6.61 Å². The fourth-order valence-corrected chi connectivity index (χ4v) is 2.93. The van der Waals surface area contributed by atoms with E-state index in [1.807, 2.05) is 18.2 Å². The number of fused-ring (bicyclic) bond motifs is 1. The zero-order valence-corrected chi connectivity index (χ0v) is 12.6. The van der Waals surface area contributed by atoms with E-state index >= 15 is 0 Å². The third-order valence-electron chi connectivity index (χ3n) is 4.24. The Labute approximate surface area is 128 Å². The lowest BCUT2D eigenvalue weighted by molar-refractivity contribution is -0.130. The molecule has 6 heteroatoms. The highest BCUT2D eigenvalue weighted by Crippen LogP contribution is 2.22. The van der Waals surface area contributed by atoms with Gasteiger partial charge in [-0.25, -0.2) is 4.79 Å². The first-order valence-corrected chi connectivity index (χ1v) is 7.76. The van der Waals surface area contributed by atoms with Crippen LogP contribution in [-0.4, -0.2) is 28.6 Å². The van der Waals surface area contributed by atoms with Crippen LogP contribution >= 0.6 is 0 Å². The number of imidazole rings is 1. The Balaban J connectivity index is 1.60. The lowest BCUT2D eigenvalue weighted by Gasteiger charge is -2.28. The van der Waals surface area contributed by atoms with Crippen LogP contribution in [-0.2, 0) is 16.1 Å². The number of aromatic amines is 2. The fourth-order valence-electron chi connectivity index (χ4n) is 2.93. The number of nitrogens with one attached hydrogen (secondary N) is 3. The van der Waals surface area contributed by atoms with Gasteiger partial charge in [-0.1, -0.05) is 13.0 Å². The number of aromatic nitrogens is 2. The maximum absolute atomic E-state index is 12.3. The molecule has 118 valence electrons. The predicted octanol–water partition coefficient (Wildman–Crippen LogP) is 1.68. The summed E-state index contributed by atoms with van der Waals surface area (Å²) >= 11 is 0. The monoisotopic (exact) mass is 303 g/mol. The Bertz CT molecular complexity index is 719. The number of carbonyl (C=O) groups excluding carboxylic acids is 1. The summed E-state index contributed by atoms with van der Waals surface area (Å²) in [5.41, 5.74) is 2.28. The molecule has 0 spiro atoms. The molecule has 6 nitrogen and oxygen atoms in total. The third kappa shape index (κ3) is 3.22. The van der Waals surface area contributed by atoms with Crippen molar-refractivity contribution in [3.8, 4) is 0 Å². The van der Waals surface area contributed by atoms with E-state index in [0.717, 1.165) is 35.9 Å². The maximum atomic E-state index is 12.3. The van der Waals surface area contributed by atoms with Crippen LogP contribution in [0.5, 0.6) is 0 Å². The first-order valence-electron chi connectivity index (χ1n) is 7.76. The predicted molar refractivity (Wildman–Crippen MR) is 83.5 cm³/mol. The summed E-state index contributed by atoms with van der Waals surface area (Å²) in [4.78, 5) is 28.9. The maximum Gasteiger partial charge on any atom is 0.323 e. The van der Waals surface area contributed by atoms with Crippen molar-refractivity contribution in [2.24, 2.45) is 5.92 Å². The Morgan fingerprint density at radius 1 is 1.36 bits per heavy atom. The summed E-state index contributed by atoms with van der Waals surface area (Å²) in [5, 5.41) is 2.99. The van der Waals surface area contributed by atoms with Crippen LogP contribution < -0.4 is 11.0 Å². The molecule has 1 aromatic heterocycles. The van der Waals surface area contributed by atoms with E-state index in [0.29, 0.717) is 13.2 Å². The molecule has 1 aliphatic rings. The van der Waals surface area contributed by atoms with Crippen LogP contribution in [0.15, 0.2) is 23.0 Å². The van der Waals surface area contributed by atoms with Crippen LogP contribution in [0.2, 0.25) is 0 Å². The molecule has 3 N–H and O–H groups in total. The Kier molecular flexibility index (Phi) is 4.29. The minimum absolute atomic E-state index is 0.0366. The molecule has 0 unspecified atom stereocenters. The molecular formula is C16H21N3O3. The van der Waals surface area contributed by atoms with Crippen LogP contribution in [0, 0.1) is 5.92 Å². The van der Waals surface area contributed by atoms with E-state index < -0.39 is 0 Å². The molecule has 1 aliphatic heterocycles. The smallest absolute Gasteiger partial charge is 0.323 e. The van der Waals surface area contributed by atoms with E-state index in [1.54, 1.807) is 0 Å². The van der Waals surface area contributed by atoms with Gasteiger partial charge in [-0.15, -0.1) is 0 Å². The van der Waals surface area contributed by atoms with E-state index in [2.05, 4.69) is 22.2 Å². The Morgan fingerprint density at radius 3 is 3.00 bits per heavy atom. The average Bonchev–Trinajstić information content (AvgIpc) is 2.91. The van der Waals surface area contributed by atoms with Crippen LogP contribution in [0.25, 0.3) is 11.0 Å². The molecule has 2 atom stereocenters. The molecule has 0 radical (unpaired) electrons. The topological polar surface area (TPSA) is 87.0 Å². The highest BCUT2D eigenvalue weighted by Gasteiger charge is 2.26. The molecule has 0 aliphatic carbocycles. The number of rotatable bonds is 4. The largest absolute Gasteiger partial charge is 0.378 e. The first-order chi connectivity index (χ1) is 10.7. The van der Waals surface area contributed by atoms with Crippen molar-refractivity contribution in [3.05, 3.63) is 34.2 Å². The van der Waals surface area contributed by atoms with E-state index in [1.165, 1.54) is 0 Å². The molecule has 1 aromatic carbocycles. The quantitative estimate of drug-likeness (QED) is 0.803. The zero-order valence-electron chi connectivity index (χ0n) is 12.6. The van der Waals surface area contributed by atoms with Gasteiger partial charge in [0.2, 0.25) is 5.91 Å². The van der Waals surface area contributed by atoms with Crippen molar-refractivity contribution < 1.29 is 9.53 Å². The number of hydrogen-bond donors (Lipinski definition) is 3. The van der Waals surface area contributed by atoms with Gasteiger partial charge in [-0.3, -0.25) is 4.79 Å². The SMILES string of the molecule is CC[C@@H]1C[C@@H](C(=O)NCc2ccc3[nH]c(=O)[nH]c3c2)CCO1. The van der Waals surface area contributed by atoms with Gasteiger partial charge < -0.3 is 20.0 Å². The van der Waals surface area contributed by atoms with Gasteiger partial charge in [0.1, 0.15) is 0 Å². The molecule has 22 heavy (non-hydrogen) atoms. The molecule has 0 bridgehead atoms. The number of hydrogen-bond acceptors (Lipinski definition) is 3. The summed E-state index contributed by atoms with van der Waals surface area (Å²) in [6, 6.07) is 5.63. The minimum atomic E-state index is -0.219. The van der Waals surface area contributed by atoms with Crippen molar-refractivity contribution >= 4 is 16.9 Å². The highest BCUT2D eigenvalue weighted by molar-refractivity contribution is 5.79. The minimum Gasteiger partial charge on any atom is -0.378 e. The van der Waals surface area contributed by atoms with Gasteiger partial charge in [0.15, 0.2) is 0 Å². The molecule has 3 rings (SSSR count). The van der Waals surface area contributed by atoms with Crippen LogP contribution in [0.1, 0.15) is 31.7 Å². The lowest BCUT2D eigenvalue weighted by atomic mass is 9.93. The van der Waals surface area contributed by atoms with Crippen molar-refractivity contribution in [2.45, 2.75) is 38.8 Å². The lowest BCUT2D eigenvalue weighted by Crippen LogP contribution is -2.36. The summed E-state index contributed by atoms with van der Waals surface area (Å²) in [7, 11) is 0. The molecule has 1 amide bonds. The van der Waals surface area contributed by atoms with Crippen molar-refractivity contribution in [1.82, 2.24) is 15.3 Å². The number of ether oxygens (including phenoxy) is 1. The third-order valence-corrected chi connectivity index (χ3v) is 4.24. The molecule has 2 aromatic rings. The fraction of sp³-hybridized carbons (Fsp3) is 0.500. The second-order valence-electron chi connectivity index (χ2n) is 5.80. The molecule has 2 heterocycles. The Hall–Kier alpha value is -2.08. The van der Waals surface area contributed by atoms with E-state index in [-0.39, 0.29) is 23.6 Å². The molecule has 1 fully saturated rings. The first kappa shape index (κ1) is 14.8. The number of carbonyl (C=O) groups is 1. The van der Waals surface area contributed by atoms with E-state index in [9.17, 15) is 9.59 Å². The van der Waals surface area contributed by atoms with Gasteiger partial charge in [-0.05, 0) is 37.0 Å². The van der Waals surface area contributed by atoms with E-state index in [4.69, 9.17) is 4.74 Å². The van der Waals surface area contributed by atoms with Crippen molar-refractivity contribution in [3.63, 3.8) is 0 Å². The second kappa shape index (κ2) is 6.36. The number of amides is 1. The van der Waals surface area contributed by atoms with Crippen LogP contribution in [0.4, 0.5) is 0 Å². The van der Waals surface area contributed by atoms with Gasteiger partial charge in [0.25, 0.3) is 0 Å². The Morgan fingerprint density at radius 2 is 2.18 bits per heavy atom. The summed E-state index contributed by atoms with van der Waals surface area (Å²) in [6.07, 6.45) is 2.73. The van der Waals surface area contributed by atoms with Gasteiger partial charge in [0, 0.05) is 19.1 Å². The molecule has 0 saturated carbocycles. The number of benzene rings is 1. The van der Waals surface area contributed by atoms with Gasteiger partial charge in [0.05, 0.1) is 17.1 Å². The van der Waals surface area contributed by atoms with Gasteiger partial charge in [-0.2, -0.15) is 0 Å². The van der Waals surface area contributed by atoms with Crippen LogP contribution in [0.3, 0.4) is 0 Å².